The van der Waals surface area contributed by atoms with Crippen molar-refractivity contribution in [2.45, 2.75) is 94.2 Å². The second kappa shape index (κ2) is 17.5. The van der Waals surface area contributed by atoms with Crippen LogP contribution in [0.2, 0.25) is 0 Å². The van der Waals surface area contributed by atoms with Gasteiger partial charge in [0.15, 0.2) is 6.04 Å². The van der Waals surface area contributed by atoms with Gasteiger partial charge in [-0.3, -0.25) is 19.2 Å². The van der Waals surface area contributed by atoms with Crippen molar-refractivity contribution in [2.24, 2.45) is 5.73 Å². The number of nitrogens with two attached hydrogens (primary N) is 1. The number of carbonyl (C=O) groups excluding carboxylic acids is 5. The molecule has 12 heteroatoms. The molecule has 0 saturated heterocycles. The van der Waals surface area contributed by atoms with Crippen molar-refractivity contribution in [1.82, 2.24) is 16.0 Å². The zero-order chi connectivity index (χ0) is 38.0. The predicted octanol–water partition coefficient (Wildman–Crippen LogP) is 4.22. The Morgan fingerprint density at radius 1 is 0.725 bits per heavy atom. The van der Waals surface area contributed by atoms with E-state index in [0.29, 0.717) is 0 Å². The molecule has 3 aromatic rings. The monoisotopic (exact) mass is 718 g/mol. The van der Waals surface area contributed by atoms with Crippen LogP contribution in [0.25, 0.3) is 0 Å². The molecule has 4 atom stereocenters. The third-order valence-electron chi connectivity index (χ3n) is 8.06. The van der Waals surface area contributed by atoms with E-state index in [-0.39, 0.29) is 0 Å². The lowest BCUT2D eigenvalue weighted by atomic mass is 9.84. The maximum absolute atomic E-state index is 14.3. The number of primary amides is 1. The summed E-state index contributed by atoms with van der Waals surface area (Å²) in [6, 6.07) is 25.6. The lowest BCUT2D eigenvalue weighted by Gasteiger charge is -2.44. The number of methoxy groups -OCH3 is 1. The number of ether oxygens (including phenoxy) is 2. The van der Waals surface area contributed by atoms with Crippen molar-refractivity contribution in [1.29, 1.82) is 0 Å². The average molecular weight is 719 g/mol. The SMILES string of the molecule is COC(=O)C(NC(=O)[C@H](CC(N)=O)NC(=O)C(NC(C)=O)C(C)(C)SC(c1ccccc1)(c1ccccc1)c1ccccc1)C(C)OC(C)(C)C. The molecular weight excluding hydrogens is 669 g/mol. The Morgan fingerprint density at radius 3 is 1.55 bits per heavy atom. The molecule has 3 aromatic carbocycles. The van der Waals surface area contributed by atoms with E-state index < -0.39 is 75.3 Å². The minimum absolute atomic E-state index is 0.483. The van der Waals surface area contributed by atoms with E-state index in [4.69, 9.17) is 15.2 Å². The summed E-state index contributed by atoms with van der Waals surface area (Å²) in [4.78, 5) is 65.7. The van der Waals surface area contributed by atoms with Crippen LogP contribution in [-0.4, -0.2) is 71.3 Å². The lowest BCUT2D eigenvalue weighted by Crippen LogP contribution is -2.62. The van der Waals surface area contributed by atoms with E-state index in [0.717, 1.165) is 16.7 Å². The van der Waals surface area contributed by atoms with Crippen LogP contribution >= 0.6 is 11.8 Å². The molecule has 0 spiro atoms. The van der Waals surface area contributed by atoms with Crippen molar-refractivity contribution in [2.75, 3.05) is 7.11 Å². The van der Waals surface area contributed by atoms with Crippen molar-refractivity contribution < 1.29 is 33.4 Å². The molecule has 3 rings (SSSR count). The summed E-state index contributed by atoms with van der Waals surface area (Å²) in [6.45, 7) is 11.9. The summed E-state index contributed by atoms with van der Waals surface area (Å²) in [5, 5.41) is 8.00. The van der Waals surface area contributed by atoms with Crippen LogP contribution < -0.4 is 21.7 Å². The zero-order valence-corrected chi connectivity index (χ0v) is 31.3. The molecule has 51 heavy (non-hydrogen) atoms. The Bertz CT molecular complexity index is 1550. The Morgan fingerprint density at radius 2 is 1.18 bits per heavy atom. The van der Waals surface area contributed by atoms with Gasteiger partial charge in [-0.25, -0.2) is 4.79 Å². The number of rotatable bonds is 16. The van der Waals surface area contributed by atoms with Gasteiger partial charge in [-0.05, 0) is 58.2 Å². The van der Waals surface area contributed by atoms with E-state index >= 15 is 0 Å². The third kappa shape index (κ3) is 10.9. The Balaban J connectivity index is 2.08. The third-order valence-corrected chi connectivity index (χ3v) is 9.84. The van der Waals surface area contributed by atoms with Gasteiger partial charge in [0, 0.05) is 11.7 Å². The first-order valence-electron chi connectivity index (χ1n) is 16.7. The van der Waals surface area contributed by atoms with Crippen LogP contribution in [0.15, 0.2) is 91.0 Å². The highest BCUT2D eigenvalue weighted by Crippen LogP contribution is 2.54. The second-order valence-corrected chi connectivity index (χ2v) is 15.7. The quantitative estimate of drug-likeness (QED) is 0.126. The van der Waals surface area contributed by atoms with Gasteiger partial charge in [-0.1, -0.05) is 91.0 Å². The van der Waals surface area contributed by atoms with Crippen LogP contribution in [0.5, 0.6) is 0 Å². The molecule has 0 bridgehead atoms. The fraction of sp³-hybridized carbons (Fsp3) is 0.410. The normalized spacial score (nSPS) is 14.3. The van der Waals surface area contributed by atoms with Gasteiger partial charge < -0.3 is 31.2 Å². The largest absolute Gasteiger partial charge is 0.467 e. The highest BCUT2D eigenvalue weighted by Gasteiger charge is 2.48. The van der Waals surface area contributed by atoms with Gasteiger partial charge >= 0.3 is 5.97 Å². The molecule has 5 N–H and O–H groups in total. The van der Waals surface area contributed by atoms with Gasteiger partial charge in [0.05, 0.1) is 30.0 Å². The van der Waals surface area contributed by atoms with Crippen molar-refractivity contribution in [3.05, 3.63) is 108 Å². The van der Waals surface area contributed by atoms with Gasteiger partial charge in [0.25, 0.3) is 0 Å². The molecule has 11 nitrogen and oxygen atoms in total. The topological polar surface area (TPSA) is 166 Å². The van der Waals surface area contributed by atoms with E-state index in [1.54, 1.807) is 27.7 Å². The molecule has 0 aliphatic rings. The first-order valence-corrected chi connectivity index (χ1v) is 17.5. The van der Waals surface area contributed by atoms with E-state index in [2.05, 4.69) is 16.0 Å². The van der Waals surface area contributed by atoms with Crippen molar-refractivity contribution in [3.63, 3.8) is 0 Å². The Hall–Kier alpha value is -4.68. The molecule has 0 saturated carbocycles. The highest BCUT2D eigenvalue weighted by molar-refractivity contribution is 8.02. The van der Waals surface area contributed by atoms with Crippen LogP contribution in [-0.2, 0) is 38.2 Å². The summed E-state index contributed by atoms with van der Waals surface area (Å²) in [7, 11) is 1.17. The maximum atomic E-state index is 14.3. The molecule has 3 unspecified atom stereocenters. The number of thioether (sulfide) groups is 1. The zero-order valence-electron chi connectivity index (χ0n) is 30.5. The second-order valence-electron chi connectivity index (χ2n) is 13.8. The number of esters is 1. The number of amides is 4. The average Bonchev–Trinajstić information content (AvgIpc) is 3.07. The molecule has 4 amide bonds. The minimum atomic E-state index is -1.50. The van der Waals surface area contributed by atoms with Gasteiger partial charge in [0.1, 0.15) is 12.1 Å². The molecule has 0 aliphatic heterocycles. The number of nitrogens with one attached hydrogen (secondary N) is 3. The molecule has 0 fully saturated rings. The molecule has 0 aliphatic carbocycles. The van der Waals surface area contributed by atoms with Gasteiger partial charge in [-0.2, -0.15) is 0 Å². The molecule has 0 heterocycles. The van der Waals surface area contributed by atoms with Crippen LogP contribution in [0.1, 0.15) is 71.6 Å². The maximum Gasteiger partial charge on any atom is 0.331 e. The summed E-state index contributed by atoms with van der Waals surface area (Å²) in [6.07, 6.45) is -1.42. The fourth-order valence-electron chi connectivity index (χ4n) is 5.95. The Kier molecular flexibility index (Phi) is 14.0. The number of hydrogen-bond donors (Lipinski definition) is 4. The van der Waals surface area contributed by atoms with Crippen molar-refractivity contribution in [3.8, 4) is 0 Å². The summed E-state index contributed by atoms with van der Waals surface area (Å²) in [5.41, 5.74) is 7.68. The summed E-state index contributed by atoms with van der Waals surface area (Å²) < 4.78 is 8.87. The van der Waals surface area contributed by atoms with Crippen molar-refractivity contribution >= 4 is 41.4 Å². The van der Waals surface area contributed by atoms with E-state index in [1.807, 2.05) is 105 Å². The first-order chi connectivity index (χ1) is 23.9. The summed E-state index contributed by atoms with van der Waals surface area (Å²) >= 11 is 1.46. The van der Waals surface area contributed by atoms with Crippen LogP contribution in [0.4, 0.5) is 0 Å². The minimum Gasteiger partial charge on any atom is -0.467 e. The fourth-order valence-corrected chi connectivity index (χ4v) is 7.78. The molecule has 0 aromatic heterocycles. The summed E-state index contributed by atoms with van der Waals surface area (Å²) in [5.74, 6) is -3.73. The number of hydrogen-bond acceptors (Lipinski definition) is 8. The molecular formula is C39H50N4O7S. The van der Waals surface area contributed by atoms with Crippen LogP contribution in [0, 0.1) is 0 Å². The smallest absolute Gasteiger partial charge is 0.331 e. The Labute approximate surface area is 304 Å². The van der Waals surface area contributed by atoms with E-state index in [1.165, 1.54) is 25.8 Å². The number of carbonyl (C=O) groups is 5. The van der Waals surface area contributed by atoms with Crippen LogP contribution in [0.3, 0.4) is 0 Å². The predicted molar refractivity (Wildman–Crippen MR) is 198 cm³/mol. The highest BCUT2D eigenvalue weighted by atomic mass is 32.2. The standard InChI is InChI=1S/C39H50N4O7S/c1-25(50-37(3,4)5)32(36(48)49-8)43-34(46)30(24-31(40)45)42-35(47)33(41-26(2)44)38(6,7)51-39(27-18-12-9-13-19-27,28-20-14-10-15-21-28)29-22-16-11-17-23-29/h9-23,25,30,32-33H,24H2,1-8H3,(H2,40,45)(H,41,44)(H,42,47)(H,43,46)/t25?,30-,32?,33?/m0/s1. The van der Waals surface area contributed by atoms with Gasteiger partial charge in [0.2, 0.25) is 23.6 Å². The molecule has 274 valence electrons. The number of benzene rings is 3. The lowest BCUT2D eigenvalue weighted by molar-refractivity contribution is -0.153. The van der Waals surface area contributed by atoms with Gasteiger partial charge in [-0.15, -0.1) is 11.8 Å². The first kappa shape index (κ1) is 40.7. The van der Waals surface area contributed by atoms with E-state index in [9.17, 15) is 24.0 Å². The molecule has 0 radical (unpaired) electrons.